The van der Waals surface area contributed by atoms with Crippen LogP contribution in [0.2, 0.25) is 0 Å². The number of para-hydroxylation sites is 1. The van der Waals surface area contributed by atoms with Gasteiger partial charge in [-0.25, -0.2) is 0 Å². The molecule has 0 fully saturated rings. The fraction of sp³-hybridized carbons (Fsp3) is 0.354. The molecule has 1 N–H and O–H groups in total. The number of fused-ring (bicyclic) bond motifs is 10. The lowest BCUT2D eigenvalue weighted by molar-refractivity contribution is 0.332. The summed E-state index contributed by atoms with van der Waals surface area (Å²) in [5.74, 6) is 0. The maximum atomic E-state index is 7.25. The van der Waals surface area contributed by atoms with Crippen molar-refractivity contribution in [3.05, 3.63) is 160 Å². The van der Waals surface area contributed by atoms with Gasteiger partial charge in [0.25, 0.3) is 0 Å². The molecule has 4 heteroatoms. The maximum absolute atomic E-state index is 7.25. The predicted molar refractivity (Wildman–Crippen MR) is 297 cm³/mol. The maximum Gasteiger partial charge on any atom is 0.198 e. The van der Waals surface area contributed by atoms with Crippen LogP contribution in [0.25, 0.3) is 44.2 Å². The number of hydrogen-bond donors (Lipinski definition) is 1. The summed E-state index contributed by atoms with van der Waals surface area (Å²) in [7, 11) is 0.787. The molecule has 0 saturated heterocycles. The molecule has 8 aromatic rings. The molecule has 0 unspecified atom stereocenters. The van der Waals surface area contributed by atoms with E-state index in [0.717, 1.165) is 40.6 Å². The smallest absolute Gasteiger partial charge is 0.198 e. The number of benzene rings is 7. The second-order valence-electron chi connectivity index (χ2n) is 25.6. The molecule has 3 nitrogen and oxygen atoms in total. The van der Waals surface area contributed by atoms with E-state index in [2.05, 4.69) is 222 Å². The average Bonchev–Trinajstić information content (AvgIpc) is 3.78. The van der Waals surface area contributed by atoms with Crippen LogP contribution in [0.3, 0.4) is 0 Å². The number of furan rings is 1. The number of anilines is 5. The minimum Gasteiger partial charge on any atom is -0.455 e. The number of nitrogens with one attached hydrogen (secondary N) is 1. The van der Waals surface area contributed by atoms with Crippen LogP contribution in [0.15, 0.2) is 126 Å². The summed E-state index contributed by atoms with van der Waals surface area (Å²) in [4.78, 5) is 2.67. The highest BCUT2D eigenvalue weighted by Crippen LogP contribution is 2.55. The molecule has 12 rings (SSSR count). The zero-order valence-corrected chi connectivity index (χ0v) is 43.4. The molecular weight excluding hydrogens is 836 g/mol. The van der Waals surface area contributed by atoms with Gasteiger partial charge in [0.05, 0.1) is 0 Å². The van der Waals surface area contributed by atoms with Crippen molar-refractivity contribution in [3.63, 3.8) is 0 Å². The zero-order valence-electron chi connectivity index (χ0n) is 43.4. The van der Waals surface area contributed by atoms with Gasteiger partial charge in [0.15, 0.2) is 7.28 Å². The number of hydrogen-bond acceptors (Lipinski definition) is 3. The molecule has 69 heavy (non-hydrogen) atoms. The van der Waals surface area contributed by atoms with Crippen molar-refractivity contribution in [1.82, 2.24) is 0 Å². The van der Waals surface area contributed by atoms with Gasteiger partial charge >= 0.3 is 0 Å². The molecule has 4 aliphatic rings. The lowest BCUT2D eigenvalue weighted by atomic mass is 9.55. The molecule has 1 aromatic heterocycles. The Morgan fingerprint density at radius 1 is 0.522 bits per heavy atom. The van der Waals surface area contributed by atoms with Gasteiger partial charge in [-0.2, -0.15) is 0 Å². The van der Waals surface area contributed by atoms with Crippen LogP contribution in [-0.4, -0.2) is 7.28 Å². The summed E-state index contributed by atoms with van der Waals surface area (Å²) in [6.07, 6.45) is 4.70. The number of rotatable bonds is 4. The highest BCUT2D eigenvalue weighted by Gasteiger charge is 2.43. The number of nitrogens with zero attached hydrogens (tertiary/aromatic N) is 1. The van der Waals surface area contributed by atoms with Crippen molar-refractivity contribution >= 4 is 68.6 Å². The first-order chi connectivity index (χ1) is 32.5. The van der Waals surface area contributed by atoms with Gasteiger partial charge in [0.1, 0.15) is 11.2 Å². The highest BCUT2D eigenvalue weighted by molar-refractivity contribution is 6.74. The van der Waals surface area contributed by atoms with E-state index in [1.54, 1.807) is 0 Å². The van der Waals surface area contributed by atoms with Crippen molar-refractivity contribution in [2.24, 2.45) is 0 Å². The van der Waals surface area contributed by atoms with E-state index < -0.39 is 0 Å². The second kappa shape index (κ2) is 14.5. The van der Waals surface area contributed by atoms with Gasteiger partial charge < -0.3 is 14.6 Å². The lowest BCUT2D eigenvalue weighted by Gasteiger charge is -2.45. The van der Waals surface area contributed by atoms with Crippen molar-refractivity contribution in [1.29, 1.82) is 0 Å². The van der Waals surface area contributed by atoms with Crippen LogP contribution < -0.4 is 21.1 Å². The summed E-state index contributed by atoms with van der Waals surface area (Å²) in [6, 6.07) is 47.0. The Labute approximate surface area is 412 Å². The van der Waals surface area contributed by atoms with Crippen molar-refractivity contribution < 1.29 is 4.42 Å². The highest BCUT2D eigenvalue weighted by atomic mass is 16.3. The Balaban J connectivity index is 1.19. The zero-order chi connectivity index (χ0) is 48.4. The van der Waals surface area contributed by atoms with Crippen molar-refractivity contribution in [2.75, 3.05) is 10.2 Å². The molecule has 0 spiro atoms. The SMILES string of the molecule is CC(C)(C)c1ccc(Nc2cc3c(cc2-c2c4c(cc5c2oc2ccccc25)N(c2ccc5c(c2)C(C)(C)CCC5(C)C)c2cc5c(cc2B4)C(C)(C)CCC5(C)C)-c2ccccc2C3(C)C)cc1. The van der Waals surface area contributed by atoms with E-state index >= 15 is 0 Å². The van der Waals surface area contributed by atoms with Gasteiger partial charge in [0.2, 0.25) is 0 Å². The Bertz CT molecular complexity index is 3460. The summed E-state index contributed by atoms with van der Waals surface area (Å²) in [5, 5.41) is 6.36. The van der Waals surface area contributed by atoms with Crippen LogP contribution in [0, 0.1) is 0 Å². The van der Waals surface area contributed by atoms with Gasteiger partial charge in [-0.05, 0) is 163 Å². The van der Waals surface area contributed by atoms with Crippen molar-refractivity contribution in [3.8, 4) is 22.3 Å². The molecule has 0 bridgehead atoms. The van der Waals surface area contributed by atoms with Gasteiger partial charge in [0, 0.05) is 55.8 Å². The fourth-order valence-electron chi connectivity index (χ4n) is 13.1. The summed E-state index contributed by atoms with van der Waals surface area (Å²) >= 11 is 0. The lowest BCUT2D eigenvalue weighted by Crippen LogP contribution is -2.44. The molecule has 0 amide bonds. The van der Waals surface area contributed by atoms with E-state index in [1.165, 1.54) is 115 Å². The molecular formula is C65H69BN2O. The van der Waals surface area contributed by atoms with E-state index in [9.17, 15) is 0 Å². The quantitative estimate of drug-likeness (QED) is 0.178. The average molecular weight is 905 g/mol. The third-order valence-corrected chi connectivity index (χ3v) is 17.8. The molecule has 0 saturated carbocycles. The van der Waals surface area contributed by atoms with E-state index in [4.69, 9.17) is 4.42 Å². The van der Waals surface area contributed by atoms with E-state index in [-0.39, 0.29) is 32.5 Å². The molecule has 3 aliphatic carbocycles. The van der Waals surface area contributed by atoms with Crippen LogP contribution in [0.5, 0.6) is 0 Å². The fourth-order valence-corrected chi connectivity index (χ4v) is 13.1. The Hall–Kier alpha value is -6.00. The third kappa shape index (κ3) is 6.67. The largest absolute Gasteiger partial charge is 0.455 e. The summed E-state index contributed by atoms with van der Waals surface area (Å²) in [6.45, 7) is 31.3. The van der Waals surface area contributed by atoms with Crippen LogP contribution in [-0.2, 0) is 32.5 Å². The standard InChI is InChI=1S/C65H69BN2O/c1-60(2,3)38-22-24-39(25-23-38)67-53-36-48-43(41-18-14-16-20-46(41)65(48,12)13)33-45(53)57-58-55(34-44-42-19-15-17-21-56(42)69-59(44)57)68(40-26-27-47-49(32-40)62(6,7)29-28-61(47,4)5)54-37-51-50(35-52(54)66-58)63(8,9)30-31-64(51,10)11/h14-27,32-37,66-67H,28-31H2,1-13H3. The molecule has 7 aromatic carbocycles. The molecule has 0 atom stereocenters. The molecule has 2 heterocycles. The summed E-state index contributed by atoms with van der Waals surface area (Å²) < 4.78 is 7.25. The van der Waals surface area contributed by atoms with Crippen LogP contribution in [0.4, 0.5) is 28.4 Å². The first-order valence-corrected chi connectivity index (χ1v) is 25.8. The first-order valence-electron chi connectivity index (χ1n) is 25.8. The van der Waals surface area contributed by atoms with Crippen LogP contribution >= 0.6 is 0 Å². The van der Waals surface area contributed by atoms with Gasteiger partial charge in [-0.3, -0.25) is 0 Å². The van der Waals surface area contributed by atoms with Crippen molar-refractivity contribution in [2.45, 2.75) is 148 Å². The Kier molecular flexibility index (Phi) is 9.32. The molecule has 1 aliphatic heterocycles. The van der Waals surface area contributed by atoms with Crippen LogP contribution in [0.1, 0.15) is 155 Å². The van der Waals surface area contributed by atoms with Gasteiger partial charge in [-0.1, -0.05) is 162 Å². The van der Waals surface area contributed by atoms with E-state index in [0.29, 0.717) is 0 Å². The Morgan fingerprint density at radius 3 is 1.84 bits per heavy atom. The first kappa shape index (κ1) is 44.2. The second-order valence-corrected chi connectivity index (χ2v) is 25.6. The monoisotopic (exact) mass is 905 g/mol. The predicted octanol–water partition coefficient (Wildman–Crippen LogP) is 16.5. The minimum atomic E-state index is -0.175. The minimum absolute atomic E-state index is 0.0550. The van der Waals surface area contributed by atoms with E-state index in [1.807, 2.05) is 0 Å². The topological polar surface area (TPSA) is 28.4 Å². The summed E-state index contributed by atoms with van der Waals surface area (Å²) in [5.41, 5.74) is 25.6. The van der Waals surface area contributed by atoms with Gasteiger partial charge in [-0.15, -0.1) is 0 Å². The normalized spacial score (nSPS) is 18.7. The molecule has 0 radical (unpaired) electrons. The molecule has 348 valence electrons. The Morgan fingerprint density at radius 2 is 1.14 bits per heavy atom. The third-order valence-electron chi connectivity index (χ3n) is 17.8.